The first kappa shape index (κ1) is 17.7. The van der Waals surface area contributed by atoms with Gasteiger partial charge in [0.15, 0.2) is 5.82 Å². The summed E-state index contributed by atoms with van der Waals surface area (Å²) in [7, 11) is 0. The van der Waals surface area contributed by atoms with Crippen LogP contribution in [0.1, 0.15) is 29.7 Å². The molecule has 0 aliphatic rings. The lowest BCUT2D eigenvalue weighted by Crippen LogP contribution is -2.22. The Morgan fingerprint density at radius 2 is 2.00 bits per heavy atom. The number of aromatic nitrogens is 4. The summed E-state index contributed by atoms with van der Waals surface area (Å²) in [5, 5.41) is 10.7. The molecule has 1 aromatic carbocycles. The summed E-state index contributed by atoms with van der Waals surface area (Å²) in [6.07, 6.45) is 5.07. The summed E-state index contributed by atoms with van der Waals surface area (Å²) in [4.78, 5) is 12.1. The second-order valence-corrected chi connectivity index (χ2v) is 6.08. The molecule has 0 fully saturated rings. The van der Waals surface area contributed by atoms with Crippen molar-refractivity contribution in [3.63, 3.8) is 0 Å². The van der Waals surface area contributed by atoms with E-state index in [2.05, 4.69) is 52.1 Å². The molecule has 0 atom stereocenters. The molecule has 2 aromatic heterocycles. The topological polar surface area (TPSA) is 64.7 Å². The SMILES string of the molecule is CCn1cnnc1CNC(=O)/C=C/c1cc(C)n(-c2ccccc2)c1C. The highest BCUT2D eigenvalue weighted by Gasteiger charge is 2.09. The number of nitrogens with zero attached hydrogens (tertiary/aromatic N) is 4. The van der Waals surface area contributed by atoms with Crippen molar-refractivity contribution in [2.24, 2.45) is 0 Å². The quantitative estimate of drug-likeness (QED) is 0.696. The van der Waals surface area contributed by atoms with Gasteiger partial charge in [-0.2, -0.15) is 0 Å². The summed E-state index contributed by atoms with van der Waals surface area (Å²) in [6, 6.07) is 12.3. The number of hydrogen-bond donors (Lipinski definition) is 1. The Kier molecular flexibility index (Phi) is 5.31. The highest BCUT2D eigenvalue weighted by atomic mass is 16.1. The van der Waals surface area contributed by atoms with E-state index < -0.39 is 0 Å². The molecule has 3 aromatic rings. The average Bonchev–Trinajstić information content (AvgIpc) is 3.22. The number of rotatable bonds is 6. The molecule has 6 heteroatoms. The van der Waals surface area contributed by atoms with Crippen molar-refractivity contribution in [3.8, 4) is 5.69 Å². The van der Waals surface area contributed by atoms with Crippen LogP contribution in [-0.2, 0) is 17.9 Å². The van der Waals surface area contributed by atoms with Gasteiger partial charge in [0.2, 0.25) is 5.91 Å². The number of para-hydroxylation sites is 1. The van der Waals surface area contributed by atoms with Gasteiger partial charge in [0.25, 0.3) is 0 Å². The maximum absolute atomic E-state index is 12.1. The fourth-order valence-corrected chi connectivity index (χ4v) is 3.00. The monoisotopic (exact) mass is 349 g/mol. The van der Waals surface area contributed by atoms with Crippen molar-refractivity contribution in [2.45, 2.75) is 33.9 Å². The Bertz CT molecular complexity index is 921. The van der Waals surface area contributed by atoms with Gasteiger partial charge in [0, 0.05) is 29.7 Å². The van der Waals surface area contributed by atoms with E-state index in [0.29, 0.717) is 6.54 Å². The van der Waals surface area contributed by atoms with Gasteiger partial charge < -0.3 is 14.5 Å². The Morgan fingerprint density at radius 1 is 1.23 bits per heavy atom. The lowest BCUT2D eigenvalue weighted by atomic mass is 10.2. The minimum Gasteiger partial charge on any atom is -0.345 e. The van der Waals surface area contributed by atoms with Crippen LogP contribution in [0, 0.1) is 13.8 Å². The fourth-order valence-electron chi connectivity index (χ4n) is 3.00. The predicted molar refractivity (Wildman–Crippen MR) is 102 cm³/mol. The Hall–Kier alpha value is -3.15. The molecule has 1 amide bonds. The molecule has 2 heterocycles. The normalized spacial score (nSPS) is 11.2. The molecule has 0 unspecified atom stereocenters. The molecule has 0 saturated carbocycles. The van der Waals surface area contributed by atoms with E-state index in [1.54, 1.807) is 12.4 Å². The molecule has 0 aliphatic carbocycles. The van der Waals surface area contributed by atoms with E-state index >= 15 is 0 Å². The van der Waals surface area contributed by atoms with Crippen LogP contribution >= 0.6 is 0 Å². The molecule has 0 spiro atoms. The molecule has 1 N–H and O–H groups in total. The Labute approximate surface area is 153 Å². The standard InChI is InChI=1S/C20H23N5O/c1-4-24-14-22-23-19(24)13-21-20(26)11-10-17-12-15(2)25(16(17)3)18-8-6-5-7-9-18/h5-12,14H,4,13H2,1-3H3,(H,21,26)/b11-10+. The van der Waals surface area contributed by atoms with Crippen LogP contribution in [0.2, 0.25) is 0 Å². The molecule has 0 aliphatic heterocycles. The first-order chi connectivity index (χ1) is 12.6. The number of carbonyl (C=O) groups is 1. The van der Waals surface area contributed by atoms with Crippen LogP contribution < -0.4 is 5.32 Å². The van der Waals surface area contributed by atoms with Crippen molar-refractivity contribution in [1.29, 1.82) is 0 Å². The van der Waals surface area contributed by atoms with Crippen LogP contribution in [0.5, 0.6) is 0 Å². The number of amides is 1. The van der Waals surface area contributed by atoms with Gasteiger partial charge in [-0.25, -0.2) is 0 Å². The van der Waals surface area contributed by atoms with Crippen LogP contribution in [0.25, 0.3) is 11.8 Å². The highest BCUT2D eigenvalue weighted by molar-refractivity contribution is 5.91. The molecular weight excluding hydrogens is 326 g/mol. The van der Waals surface area contributed by atoms with Crippen LogP contribution in [0.4, 0.5) is 0 Å². The van der Waals surface area contributed by atoms with Crippen molar-refractivity contribution >= 4 is 12.0 Å². The molecule has 0 saturated heterocycles. The maximum atomic E-state index is 12.1. The lowest BCUT2D eigenvalue weighted by molar-refractivity contribution is -0.116. The average molecular weight is 349 g/mol. The maximum Gasteiger partial charge on any atom is 0.244 e. The van der Waals surface area contributed by atoms with Crippen LogP contribution in [-0.4, -0.2) is 25.2 Å². The largest absolute Gasteiger partial charge is 0.345 e. The number of carbonyl (C=O) groups excluding carboxylic acids is 1. The first-order valence-corrected chi connectivity index (χ1v) is 8.67. The summed E-state index contributed by atoms with van der Waals surface area (Å²) in [5.74, 6) is 0.594. The van der Waals surface area contributed by atoms with Crippen molar-refractivity contribution in [3.05, 3.63) is 71.6 Å². The second-order valence-electron chi connectivity index (χ2n) is 6.08. The van der Waals surface area contributed by atoms with Gasteiger partial charge in [0.1, 0.15) is 6.33 Å². The lowest BCUT2D eigenvalue weighted by Gasteiger charge is -2.09. The molecule has 134 valence electrons. The van der Waals surface area contributed by atoms with Gasteiger partial charge in [-0.3, -0.25) is 4.79 Å². The molecule has 6 nitrogen and oxygen atoms in total. The molecule has 0 bridgehead atoms. The molecular formula is C20H23N5O. The minimum atomic E-state index is -0.153. The van der Waals surface area contributed by atoms with Gasteiger partial charge in [-0.05, 0) is 50.6 Å². The summed E-state index contributed by atoms with van der Waals surface area (Å²) in [5.41, 5.74) is 4.37. The number of nitrogens with one attached hydrogen (secondary N) is 1. The molecule has 3 rings (SSSR count). The third-order valence-electron chi connectivity index (χ3n) is 4.36. The van der Waals surface area contributed by atoms with E-state index in [-0.39, 0.29) is 5.91 Å². The van der Waals surface area contributed by atoms with E-state index in [1.807, 2.05) is 35.8 Å². The van der Waals surface area contributed by atoms with Gasteiger partial charge >= 0.3 is 0 Å². The van der Waals surface area contributed by atoms with E-state index in [9.17, 15) is 4.79 Å². The fraction of sp³-hybridized carbons (Fsp3) is 0.250. The summed E-state index contributed by atoms with van der Waals surface area (Å²) >= 11 is 0. The third kappa shape index (κ3) is 3.74. The zero-order chi connectivity index (χ0) is 18.5. The summed E-state index contributed by atoms with van der Waals surface area (Å²) < 4.78 is 4.08. The highest BCUT2D eigenvalue weighted by Crippen LogP contribution is 2.21. The number of aryl methyl sites for hydroxylation is 2. The number of hydrogen-bond acceptors (Lipinski definition) is 3. The third-order valence-corrected chi connectivity index (χ3v) is 4.36. The van der Waals surface area contributed by atoms with Crippen LogP contribution in [0.3, 0.4) is 0 Å². The van der Waals surface area contributed by atoms with E-state index in [0.717, 1.165) is 35.0 Å². The van der Waals surface area contributed by atoms with E-state index in [1.165, 1.54) is 0 Å². The van der Waals surface area contributed by atoms with Gasteiger partial charge in [-0.15, -0.1) is 10.2 Å². The van der Waals surface area contributed by atoms with Crippen LogP contribution in [0.15, 0.2) is 48.8 Å². The van der Waals surface area contributed by atoms with E-state index in [4.69, 9.17) is 0 Å². The minimum absolute atomic E-state index is 0.153. The van der Waals surface area contributed by atoms with Gasteiger partial charge in [0.05, 0.1) is 6.54 Å². The van der Waals surface area contributed by atoms with Crippen molar-refractivity contribution in [2.75, 3.05) is 0 Å². The Morgan fingerprint density at radius 3 is 2.73 bits per heavy atom. The Balaban J connectivity index is 1.70. The number of benzene rings is 1. The summed E-state index contributed by atoms with van der Waals surface area (Å²) in [6.45, 7) is 7.27. The first-order valence-electron chi connectivity index (χ1n) is 8.67. The van der Waals surface area contributed by atoms with Gasteiger partial charge in [-0.1, -0.05) is 18.2 Å². The molecule has 26 heavy (non-hydrogen) atoms. The predicted octanol–water partition coefficient (Wildman–Crippen LogP) is 3.04. The second kappa shape index (κ2) is 7.82. The molecule has 0 radical (unpaired) electrons. The zero-order valence-corrected chi connectivity index (χ0v) is 15.3. The van der Waals surface area contributed by atoms with Crippen molar-refractivity contribution < 1.29 is 4.79 Å². The zero-order valence-electron chi connectivity index (χ0n) is 15.3. The van der Waals surface area contributed by atoms with Crippen molar-refractivity contribution in [1.82, 2.24) is 24.6 Å². The smallest absolute Gasteiger partial charge is 0.244 e.